The van der Waals surface area contributed by atoms with Crippen molar-refractivity contribution in [3.8, 4) is 0 Å². The molecule has 2 heterocycles. The molecule has 0 aliphatic heterocycles. The molecule has 0 radical (unpaired) electrons. The van der Waals surface area contributed by atoms with Crippen molar-refractivity contribution >= 4 is 21.9 Å². The predicted molar refractivity (Wildman–Crippen MR) is 132 cm³/mol. The van der Waals surface area contributed by atoms with E-state index in [2.05, 4.69) is 6.07 Å². The standard InChI is InChI=1S/C29H28O5/c30-23(22-12-6-14-25-27(22)19-9-2-4-11-21(19)29(32)34-25)16-15-17-7-5-13-24-26(17)18-8-1-3-10-20(18)28(31)33-24/h5-7,12-14,23,30H,1-4,8-11,15-16H2. The molecule has 1 unspecified atom stereocenters. The van der Waals surface area contributed by atoms with E-state index in [1.165, 1.54) is 0 Å². The van der Waals surface area contributed by atoms with E-state index in [0.717, 1.165) is 95.5 Å². The summed E-state index contributed by atoms with van der Waals surface area (Å²) in [5, 5.41) is 13.3. The molecule has 6 rings (SSSR count). The average Bonchev–Trinajstić information content (AvgIpc) is 2.87. The van der Waals surface area contributed by atoms with Crippen LogP contribution in [0.2, 0.25) is 0 Å². The Morgan fingerprint density at radius 3 is 1.88 bits per heavy atom. The van der Waals surface area contributed by atoms with Gasteiger partial charge in [-0.25, -0.2) is 9.59 Å². The van der Waals surface area contributed by atoms with Crippen molar-refractivity contribution in [3.05, 3.63) is 90.6 Å². The Kier molecular flexibility index (Phi) is 5.37. The molecule has 0 saturated carbocycles. The summed E-state index contributed by atoms with van der Waals surface area (Å²) in [4.78, 5) is 24.9. The Bertz CT molecular complexity index is 1520. The number of hydrogen-bond acceptors (Lipinski definition) is 5. The summed E-state index contributed by atoms with van der Waals surface area (Å²) in [6, 6.07) is 11.5. The minimum Gasteiger partial charge on any atom is -0.423 e. The summed E-state index contributed by atoms with van der Waals surface area (Å²) in [5.74, 6) is 0. The maximum Gasteiger partial charge on any atom is 0.339 e. The zero-order chi connectivity index (χ0) is 23.2. The van der Waals surface area contributed by atoms with Crippen LogP contribution in [0.5, 0.6) is 0 Å². The van der Waals surface area contributed by atoms with Gasteiger partial charge in [0.05, 0.1) is 6.10 Å². The third kappa shape index (κ3) is 3.50. The molecule has 4 aromatic rings. The van der Waals surface area contributed by atoms with Gasteiger partial charge in [-0.15, -0.1) is 0 Å². The van der Waals surface area contributed by atoms with Crippen molar-refractivity contribution in [2.24, 2.45) is 0 Å². The maximum absolute atomic E-state index is 12.5. The number of aliphatic hydroxyl groups excluding tert-OH is 1. The Morgan fingerprint density at radius 1 is 0.706 bits per heavy atom. The highest BCUT2D eigenvalue weighted by atomic mass is 16.4. The second kappa shape index (κ2) is 8.55. The fourth-order valence-electron chi connectivity index (χ4n) is 6.03. The van der Waals surface area contributed by atoms with Crippen LogP contribution >= 0.6 is 0 Å². The normalized spacial score (nSPS) is 16.4. The Balaban J connectivity index is 1.38. The summed E-state index contributed by atoms with van der Waals surface area (Å²) in [7, 11) is 0. The first-order valence-corrected chi connectivity index (χ1v) is 12.4. The lowest BCUT2D eigenvalue weighted by Gasteiger charge is -2.21. The van der Waals surface area contributed by atoms with Crippen LogP contribution < -0.4 is 11.3 Å². The molecule has 2 aliphatic rings. The second-order valence-electron chi connectivity index (χ2n) is 9.67. The molecule has 0 fully saturated rings. The summed E-state index contributed by atoms with van der Waals surface area (Å²) >= 11 is 0. The Morgan fingerprint density at radius 2 is 1.24 bits per heavy atom. The van der Waals surface area contributed by atoms with Crippen LogP contribution in [0.1, 0.15) is 71.6 Å². The lowest BCUT2D eigenvalue weighted by atomic mass is 9.86. The molecule has 5 heteroatoms. The third-order valence-corrected chi connectivity index (χ3v) is 7.65. The van der Waals surface area contributed by atoms with Gasteiger partial charge in [0.15, 0.2) is 0 Å². The number of aryl methyl sites for hydroxylation is 3. The first-order valence-electron chi connectivity index (χ1n) is 12.4. The van der Waals surface area contributed by atoms with Crippen LogP contribution in [0.25, 0.3) is 21.9 Å². The van der Waals surface area contributed by atoms with Crippen LogP contribution in [0, 0.1) is 0 Å². The molecule has 0 bridgehead atoms. The monoisotopic (exact) mass is 456 g/mol. The number of fused-ring (bicyclic) bond motifs is 6. The van der Waals surface area contributed by atoms with E-state index < -0.39 is 6.10 Å². The average molecular weight is 457 g/mol. The second-order valence-corrected chi connectivity index (χ2v) is 9.67. The molecule has 0 saturated heterocycles. The van der Waals surface area contributed by atoms with Gasteiger partial charge in [0, 0.05) is 21.9 Å². The van der Waals surface area contributed by atoms with E-state index in [0.29, 0.717) is 24.0 Å². The number of benzene rings is 2. The van der Waals surface area contributed by atoms with Gasteiger partial charge in [0.25, 0.3) is 0 Å². The molecule has 34 heavy (non-hydrogen) atoms. The van der Waals surface area contributed by atoms with Crippen LogP contribution in [0.15, 0.2) is 54.8 Å². The first-order chi connectivity index (χ1) is 16.6. The van der Waals surface area contributed by atoms with Crippen molar-refractivity contribution in [2.75, 3.05) is 0 Å². The lowest BCUT2D eigenvalue weighted by molar-refractivity contribution is 0.169. The topological polar surface area (TPSA) is 80.7 Å². The zero-order valence-electron chi connectivity index (χ0n) is 19.2. The highest BCUT2D eigenvalue weighted by molar-refractivity contribution is 5.86. The van der Waals surface area contributed by atoms with E-state index >= 15 is 0 Å². The molecule has 2 aliphatic carbocycles. The van der Waals surface area contributed by atoms with Crippen LogP contribution in [-0.4, -0.2) is 5.11 Å². The lowest BCUT2D eigenvalue weighted by Crippen LogP contribution is -2.17. The highest BCUT2D eigenvalue weighted by Gasteiger charge is 2.23. The molecular formula is C29H28O5. The van der Waals surface area contributed by atoms with Gasteiger partial charge in [0.1, 0.15) is 11.2 Å². The molecule has 2 aromatic carbocycles. The molecule has 1 atom stereocenters. The fourth-order valence-corrected chi connectivity index (χ4v) is 6.03. The van der Waals surface area contributed by atoms with Crippen LogP contribution in [0.3, 0.4) is 0 Å². The highest BCUT2D eigenvalue weighted by Crippen LogP contribution is 2.35. The van der Waals surface area contributed by atoms with Gasteiger partial charge >= 0.3 is 11.3 Å². The minimum atomic E-state index is -0.691. The van der Waals surface area contributed by atoms with Crippen molar-refractivity contribution in [3.63, 3.8) is 0 Å². The third-order valence-electron chi connectivity index (χ3n) is 7.65. The van der Waals surface area contributed by atoms with Crippen molar-refractivity contribution in [1.29, 1.82) is 0 Å². The molecule has 2 aromatic heterocycles. The van der Waals surface area contributed by atoms with Crippen LogP contribution in [0.4, 0.5) is 0 Å². The summed E-state index contributed by atoms with van der Waals surface area (Å²) in [6.45, 7) is 0. The molecule has 5 nitrogen and oxygen atoms in total. The minimum absolute atomic E-state index is 0.207. The van der Waals surface area contributed by atoms with Gasteiger partial charge < -0.3 is 13.9 Å². The quantitative estimate of drug-likeness (QED) is 0.420. The number of aliphatic hydroxyl groups is 1. The van der Waals surface area contributed by atoms with Crippen molar-refractivity contribution < 1.29 is 13.9 Å². The zero-order valence-corrected chi connectivity index (χ0v) is 19.2. The largest absolute Gasteiger partial charge is 0.423 e. The van der Waals surface area contributed by atoms with E-state index in [9.17, 15) is 14.7 Å². The number of rotatable bonds is 4. The van der Waals surface area contributed by atoms with Crippen LogP contribution in [-0.2, 0) is 32.1 Å². The summed E-state index contributed by atoms with van der Waals surface area (Å²) in [5.41, 5.74) is 6.45. The first kappa shape index (κ1) is 21.4. The Hall–Kier alpha value is -3.18. The summed E-state index contributed by atoms with van der Waals surface area (Å²) < 4.78 is 11.3. The van der Waals surface area contributed by atoms with Crippen molar-refractivity contribution in [1.82, 2.24) is 0 Å². The maximum atomic E-state index is 12.5. The fraction of sp³-hybridized carbons (Fsp3) is 0.379. The molecule has 1 N–H and O–H groups in total. The van der Waals surface area contributed by atoms with Gasteiger partial charge in [-0.3, -0.25) is 0 Å². The smallest absolute Gasteiger partial charge is 0.339 e. The Labute approximate surface area is 197 Å². The predicted octanol–water partition coefficient (Wildman–Crippen LogP) is 5.32. The SMILES string of the molecule is O=c1oc2cccc(CCC(O)c3cccc4oc(=O)c5c(c34)CCCC5)c2c2c1CCCC2. The van der Waals surface area contributed by atoms with E-state index in [4.69, 9.17) is 8.83 Å². The van der Waals surface area contributed by atoms with Gasteiger partial charge in [-0.2, -0.15) is 0 Å². The van der Waals surface area contributed by atoms with E-state index in [1.807, 2.05) is 30.3 Å². The molecule has 0 amide bonds. The molecular weight excluding hydrogens is 428 g/mol. The molecule has 174 valence electrons. The van der Waals surface area contributed by atoms with E-state index in [-0.39, 0.29) is 11.3 Å². The van der Waals surface area contributed by atoms with E-state index in [1.54, 1.807) is 0 Å². The number of hydrogen-bond donors (Lipinski definition) is 1. The van der Waals surface area contributed by atoms with Gasteiger partial charge in [-0.05, 0) is 98.6 Å². The van der Waals surface area contributed by atoms with Gasteiger partial charge in [0.2, 0.25) is 0 Å². The summed E-state index contributed by atoms with van der Waals surface area (Å²) in [6.07, 6.45) is 7.89. The molecule has 0 spiro atoms. The van der Waals surface area contributed by atoms with Gasteiger partial charge in [-0.1, -0.05) is 24.3 Å². The van der Waals surface area contributed by atoms with Crippen molar-refractivity contribution in [2.45, 2.75) is 70.3 Å².